The van der Waals surface area contributed by atoms with E-state index in [1.807, 2.05) is 0 Å². The summed E-state index contributed by atoms with van der Waals surface area (Å²) >= 11 is 0. The summed E-state index contributed by atoms with van der Waals surface area (Å²) < 4.78 is 9.70. The van der Waals surface area contributed by atoms with Crippen molar-refractivity contribution < 1.29 is 19.7 Å². The predicted molar refractivity (Wildman–Crippen MR) is 36.7 cm³/mol. The zero-order valence-electron chi connectivity index (χ0n) is 6.30. The first-order valence-electron chi connectivity index (χ1n) is 3.43. The van der Waals surface area contributed by atoms with Crippen molar-refractivity contribution in [3.63, 3.8) is 0 Å². The monoisotopic (exact) mass is 163 g/mol. The lowest BCUT2D eigenvalue weighted by Gasteiger charge is -2.34. The maximum atomic E-state index is 9.23. The van der Waals surface area contributed by atoms with E-state index in [1.165, 1.54) is 7.11 Å². The van der Waals surface area contributed by atoms with Crippen molar-refractivity contribution in [1.82, 2.24) is 0 Å². The van der Waals surface area contributed by atoms with Crippen molar-refractivity contribution in [2.45, 2.75) is 24.5 Å². The molecule has 4 atom stereocenters. The Morgan fingerprint density at radius 3 is 2.64 bits per heavy atom. The minimum Gasteiger partial charge on any atom is -0.388 e. The fraction of sp³-hybridized carbons (Fsp3) is 1.00. The van der Waals surface area contributed by atoms with Gasteiger partial charge in [-0.3, -0.25) is 0 Å². The van der Waals surface area contributed by atoms with Gasteiger partial charge < -0.3 is 25.4 Å². The van der Waals surface area contributed by atoms with E-state index in [2.05, 4.69) is 0 Å². The second-order valence-corrected chi connectivity index (χ2v) is 2.58. The average Bonchev–Trinajstić information content (AvgIpc) is 2.01. The smallest absolute Gasteiger partial charge is 0.185 e. The van der Waals surface area contributed by atoms with Gasteiger partial charge >= 0.3 is 0 Å². The summed E-state index contributed by atoms with van der Waals surface area (Å²) in [7, 11) is 1.40. The van der Waals surface area contributed by atoms with Crippen molar-refractivity contribution >= 4 is 0 Å². The normalized spacial score (nSPS) is 45.8. The molecule has 11 heavy (non-hydrogen) atoms. The van der Waals surface area contributed by atoms with Gasteiger partial charge in [-0.1, -0.05) is 0 Å². The van der Waals surface area contributed by atoms with E-state index >= 15 is 0 Å². The molecular weight excluding hydrogens is 150 g/mol. The van der Waals surface area contributed by atoms with Crippen LogP contribution in [0.1, 0.15) is 0 Å². The Balaban J connectivity index is 2.52. The highest BCUT2D eigenvalue weighted by Gasteiger charge is 2.36. The third-order valence-electron chi connectivity index (χ3n) is 1.75. The van der Waals surface area contributed by atoms with Gasteiger partial charge in [0, 0.05) is 7.11 Å². The number of hydrogen-bond donors (Lipinski definition) is 3. The van der Waals surface area contributed by atoms with E-state index in [0.29, 0.717) is 0 Å². The second-order valence-electron chi connectivity index (χ2n) is 2.58. The summed E-state index contributed by atoms with van der Waals surface area (Å²) in [5.74, 6) is 0. The molecule has 0 aliphatic carbocycles. The molecule has 0 amide bonds. The number of hydrogen-bond acceptors (Lipinski definition) is 5. The number of rotatable bonds is 1. The minimum atomic E-state index is -1.05. The highest BCUT2D eigenvalue weighted by molar-refractivity contribution is 4.84. The maximum Gasteiger partial charge on any atom is 0.185 e. The van der Waals surface area contributed by atoms with Gasteiger partial charge in [0.25, 0.3) is 0 Å². The molecule has 1 rings (SSSR count). The summed E-state index contributed by atoms with van der Waals surface area (Å²) in [6.07, 6.45) is -2.78. The number of aliphatic hydroxyl groups excluding tert-OH is 2. The highest BCUT2D eigenvalue weighted by Crippen LogP contribution is 2.14. The molecule has 1 aliphatic heterocycles. The highest BCUT2D eigenvalue weighted by atomic mass is 16.7. The largest absolute Gasteiger partial charge is 0.388 e. The van der Waals surface area contributed by atoms with Gasteiger partial charge in [0.2, 0.25) is 0 Å². The lowest BCUT2D eigenvalue weighted by Crippen LogP contribution is -2.56. The Kier molecular flexibility index (Phi) is 2.80. The topological polar surface area (TPSA) is 84.9 Å². The summed E-state index contributed by atoms with van der Waals surface area (Å²) in [6.45, 7) is 0.205. The number of methoxy groups -OCH3 is 1. The van der Waals surface area contributed by atoms with E-state index in [9.17, 15) is 10.2 Å². The van der Waals surface area contributed by atoms with Crippen LogP contribution in [0.15, 0.2) is 0 Å². The minimum absolute atomic E-state index is 0.205. The second kappa shape index (κ2) is 3.46. The molecule has 0 aromatic heterocycles. The molecule has 0 spiro atoms. The van der Waals surface area contributed by atoms with Crippen molar-refractivity contribution in [3.05, 3.63) is 0 Å². The van der Waals surface area contributed by atoms with Gasteiger partial charge in [-0.2, -0.15) is 0 Å². The first-order chi connectivity index (χ1) is 5.16. The van der Waals surface area contributed by atoms with Crippen LogP contribution in [0.25, 0.3) is 0 Å². The molecule has 1 fully saturated rings. The molecule has 0 radical (unpaired) electrons. The zero-order chi connectivity index (χ0) is 8.43. The Hall–Kier alpha value is -0.200. The van der Waals surface area contributed by atoms with Crippen LogP contribution >= 0.6 is 0 Å². The molecular formula is C6H13NO4. The number of ether oxygens (including phenoxy) is 2. The van der Waals surface area contributed by atoms with E-state index < -0.39 is 24.5 Å². The molecule has 1 saturated heterocycles. The zero-order valence-corrected chi connectivity index (χ0v) is 6.30. The van der Waals surface area contributed by atoms with Crippen LogP contribution in [-0.4, -0.2) is 48.5 Å². The Bertz CT molecular complexity index is 130. The Morgan fingerprint density at radius 1 is 1.45 bits per heavy atom. The first-order valence-corrected chi connectivity index (χ1v) is 3.43. The summed E-state index contributed by atoms with van der Waals surface area (Å²) in [5.41, 5.74) is 5.40. The molecule has 66 valence electrons. The van der Waals surface area contributed by atoms with Gasteiger partial charge in [0.1, 0.15) is 12.2 Å². The van der Waals surface area contributed by atoms with Crippen LogP contribution in [-0.2, 0) is 9.47 Å². The van der Waals surface area contributed by atoms with Crippen molar-refractivity contribution in [3.8, 4) is 0 Å². The predicted octanol–water partition coefficient (Wildman–Crippen LogP) is -1.96. The fourth-order valence-electron chi connectivity index (χ4n) is 1.02. The van der Waals surface area contributed by atoms with Crippen LogP contribution in [0.4, 0.5) is 0 Å². The van der Waals surface area contributed by atoms with Crippen LogP contribution in [0, 0.1) is 0 Å². The van der Waals surface area contributed by atoms with Crippen LogP contribution < -0.4 is 5.73 Å². The van der Waals surface area contributed by atoms with E-state index in [1.54, 1.807) is 0 Å². The van der Waals surface area contributed by atoms with Gasteiger partial charge in [0.05, 0.1) is 12.6 Å². The number of aliphatic hydroxyl groups is 2. The van der Waals surface area contributed by atoms with E-state index in [4.69, 9.17) is 15.2 Å². The van der Waals surface area contributed by atoms with E-state index in [0.717, 1.165) is 0 Å². The summed E-state index contributed by atoms with van der Waals surface area (Å²) in [6, 6.07) is -0.531. The van der Waals surface area contributed by atoms with Gasteiger partial charge in [-0.15, -0.1) is 0 Å². The van der Waals surface area contributed by atoms with E-state index in [-0.39, 0.29) is 6.61 Å². The third-order valence-corrected chi connectivity index (χ3v) is 1.75. The van der Waals surface area contributed by atoms with Crippen molar-refractivity contribution in [2.75, 3.05) is 13.7 Å². The quantitative estimate of drug-likeness (QED) is 0.418. The molecule has 1 aliphatic rings. The average molecular weight is 163 g/mol. The molecule has 4 N–H and O–H groups in total. The van der Waals surface area contributed by atoms with Gasteiger partial charge in [-0.05, 0) is 0 Å². The molecule has 0 aromatic rings. The Labute approximate surface area is 64.7 Å². The maximum absolute atomic E-state index is 9.23. The van der Waals surface area contributed by atoms with Crippen LogP contribution in [0.3, 0.4) is 0 Å². The SMILES string of the molecule is CO[C@@H]1OC[C@@H](N)[C@@H](O)[C@@H]1O. The molecule has 1 heterocycles. The molecule has 0 saturated carbocycles. The summed E-state index contributed by atoms with van der Waals surface area (Å²) in [5, 5.41) is 18.4. The van der Waals surface area contributed by atoms with Gasteiger partial charge in [0.15, 0.2) is 6.29 Å². The summed E-state index contributed by atoms with van der Waals surface area (Å²) in [4.78, 5) is 0. The molecule has 0 bridgehead atoms. The van der Waals surface area contributed by atoms with Gasteiger partial charge in [-0.25, -0.2) is 0 Å². The lowest BCUT2D eigenvalue weighted by atomic mass is 10.0. The van der Waals surface area contributed by atoms with Crippen LogP contribution in [0.2, 0.25) is 0 Å². The molecule has 0 aromatic carbocycles. The number of nitrogens with two attached hydrogens (primary N) is 1. The van der Waals surface area contributed by atoms with Crippen LogP contribution in [0.5, 0.6) is 0 Å². The third kappa shape index (κ3) is 1.69. The molecule has 5 heteroatoms. The molecule has 0 unspecified atom stereocenters. The Morgan fingerprint density at radius 2 is 2.09 bits per heavy atom. The first kappa shape index (κ1) is 8.89. The van der Waals surface area contributed by atoms with Crippen molar-refractivity contribution in [1.29, 1.82) is 0 Å². The standard InChI is InChI=1S/C6H13NO4/c1-10-6-5(9)4(8)3(7)2-11-6/h3-6,8-9H,2,7H2,1H3/t3-,4-,5+,6-/m1/s1. The molecule has 5 nitrogen and oxygen atoms in total. The lowest BCUT2D eigenvalue weighted by molar-refractivity contribution is -0.237. The van der Waals surface area contributed by atoms with Crippen molar-refractivity contribution in [2.24, 2.45) is 5.73 Å². The fourth-order valence-corrected chi connectivity index (χ4v) is 1.02.